The fraction of sp³-hybridized carbons (Fsp3) is 0.278. The lowest BCUT2D eigenvalue weighted by atomic mass is 9.99. The summed E-state index contributed by atoms with van der Waals surface area (Å²) in [6.45, 7) is 1.47. The Morgan fingerprint density at radius 2 is 1.74 bits per heavy atom. The Bertz CT molecular complexity index is 602. The maximum Gasteiger partial charge on any atom is 0.234 e. The molecule has 0 bridgehead atoms. The highest BCUT2D eigenvalue weighted by Crippen LogP contribution is 2.23. The fourth-order valence-corrected chi connectivity index (χ4v) is 2.37. The van der Waals surface area contributed by atoms with E-state index in [0.717, 1.165) is 11.1 Å². The molecule has 2 aromatic rings. The molecular formula is C18H21ClN2O2. The first-order valence-corrected chi connectivity index (χ1v) is 7.88. The Kier molecular flexibility index (Phi) is 7.07. The summed E-state index contributed by atoms with van der Waals surface area (Å²) in [5.41, 5.74) is 2.02. The van der Waals surface area contributed by atoms with Crippen LogP contribution in [0.15, 0.2) is 54.6 Å². The van der Waals surface area contributed by atoms with Gasteiger partial charge in [0.15, 0.2) is 0 Å². The zero-order valence-corrected chi connectivity index (χ0v) is 13.8. The van der Waals surface area contributed by atoms with Crippen molar-refractivity contribution in [2.24, 2.45) is 0 Å². The summed E-state index contributed by atoms with van der Waals surface area (Å²) in [5.74, 6) is -0.0649. The molecule has 4 nitrogen and oxygen atoms in total. The normalized spacial score (nSPS) is 11.9. The van der Waals surface area contributed by atoms with Crippen molar-refractivity contribution in [3.63, 3.8) is 0 Å². The number of hydrogen-bond acceptors (Lipinski definition) is 3. The highest BCUT2D eigenvalue weighted by Gasteiger charge is 2.16. The molecule has 0 heterocycles. The van der Waals surface area contributed by atoms with Crippen molar-refractivity contribution in [2.45, 2.75) is 6.04 Å². The molecule has 0 spiro atoms. The van der Waals surface area contributed by atoms with E-state index < -0.39 is 0 Å². The van der Waals surface area contributed by atoms with Crippen LogP contribution in [0.4, 0.5) is 0 Å². The molecule has 0 aromatic heterocycles. The van der Waals surface area contributed by atoms with Gasteiger partial charge in [0.25, 0.3) is 0 Å². The van der Waals surface area contributed by atoms with E-state index in [1.165, 1.54) is 0 Å². The average molecular weight is 333 g/mol. The fourth-order valence-electron chi connectivity index (χ4n) is 2.25. The Labute approximate surface area is 141 Å². The third kappa shape index (κ3) is 5.67. The quantitative estimate of drug-likeness (QED) is 0.731. The highest BCUT2D eigenvalue weighted by molar-refractivity contribution is 6.30. The summed E-state index contributed by atoms with van der Waals surface area (Å²) in [6, 6.07) is 17.2. The number of hydrogen-bond donors (Lipinski definition) is 2. The van der Waals surface area contributed by atoms with Crippen molar-refractivity contribution < 1.29 is 9.53 Å². The second kappa shape index (κ2) is 9.30. The van der Waals surface area contributed by atoms with E-state index in [2.05, 4.69) is 10.6 Å². The van der Waals surface area contributed by atoms with Gasteiger partial charge in [-0.15, -0.1) is 0 Å². The van der Waals surface area contributed by atoms with Crippen molar-refractivity contribution >= 4 is 17.5 Å². The van der Waals surface area contributed by atoms with Crippen LogP contribution in [0.3, 0.4) is 0 Å². The lowest BCUT2D eigenvalue weighted by molar-refractivity contribution is -0.120. The summed E-state index contributed by atoms with van der Waals surface area (Å²) >= 11 is 5.96. The number of carbonyl (C=O) groups is 1. The molecule has 0 aliphatic rings. The molecule has 0 aliphatic heterocycles. The van der Waals surface area contributed by atoms with Crippen LogP contribution < -0.4 is 10.6 Å². The van der Waals surface area contributed by atoms with Gasteiger partial charge in [-0.25, -0.2) is 0 Å². The zero-order chi connectivity index (χ0) is 16.5. The largest absolute Gasteiger partial charge is 0.383 e. The molecule has 0 radical (unpaired) electrons. The second-order valence-electron chi connectivity index (χ2n) is 5.13. The van der Waals surface area contributed by atoms with Crippen molar-refractivity contribution in [1.29, 1.82) is 0 Å². The number of amides is 1. The Hall–Kier alpha value is -1.88. The third-order valence-corrected chi connectivity index (χ3v) is 3.66. The van der Waals surface area contributed by atoms with Gasteiger partial charge in [0, 0.05) is 18.7 Å². The SMILES string of the molecule is COCCNCC(=O)NC(c1ccccc1)c1ccc(Cl)cc1. The number of carbonyl (C=O) groups excluding carboxylic acids is 1. The summed E-state index contributed by atoms with van der Waals surface area (Å²) in [5, 5.41) is 6.78. The summed E-state index contributed by atoms with van der Waals surface area (Å²) in [6.07, 6.45) is 0. The van der Waals surface area contributed by atoms with Gasteiger partial charge in [-0.2, -0.15) is 0 Å². The van der Waals surface area contributed by atoms with E-state index in [1.54, 1.807) is 7.11 Å². The van der Waals surface area contributed by atoms with Crippen molar-refractivity contribution in [2.75, 3.05) is 26.8 Å². The van der Waals surface area contributed by atoms with Crippen LogP contribution in [0.25, 0.3) is 0 Å². The van der Waals surface area contributed by atoms with Crippen LogP contribution in [0, 0.1) is 0 Å². The molecule has 0 saturated carbocycles. The topological polar surface area (TPSA) is 50.4 Å². The average Bonchev–Trinajstić information content (AvgIpc) is 2.58. The molecule has 2 N–H and O–H groups in total. The van der Waals surface area contributed by atoms with E-state index in [4.69, 9.17) is 16.3 Å². The first kappa shape index (κ1) is 17.5. The van der Waals surface area contributed by atoms with Crippen LogP contribution in [-0.4, -0.2) is 32.7 Å². The van der Waals surface area contributed by atoms with Gasteiger partial charge in [-0.05, 0) is 23.3 Å². The summed E-state index contributed by atoms with van der Waals surface area (Å²) in [7, 11) is 1.63. The predicted molar refractivity (Wildman–Crippen MR) is 92.6 cm³/mol. The maximum absolute atomic E-state index is 12.2. The number of rotatable bonds is 8. The van der Waals surface area contributed by atoms with E-state index in [0.29, 0.717) is 18.2 Å². The van der Waals surface area contributed by atoms with Crippen molar-refractivity contribution in [1.82, 2.24) is 10.6 Å². The number of methoxy groups -OCH3 is 1. The lowest BCUT2D eigenvalue weighted by Crippen LogP contribution is -2.37. The minimum Gasteiger partial charge on any atom is -0.383 e. The number of ether oxygens (including phenoxy) is 1. The van der Waals surface area contributed by atoms with Gasteiger partial charge in [-0.1, -0.05) is 54.1 Å². The Morgan fingerprint density at radius 1 is 1.09 bits per heavy atom. The molecule has 0 aliphatic carbocycles. The molecule has 5 heteroatoms. The van der Waals surface area contributed by atoms with E-state index in [9.17, 15) is 4.79 Å². The molecule has 0 fully saturated rings. The van der Waals surface area contributed by atoms with E-state index in [1.807, 2.05) is 54.6 Å². The minimum atomic E-state index is -0.204. The molecular weight excluding hydrogens is 312 g/mol. The first-order chi connectivity index (χ1) is 11.2. The van der Waals surface area contributed by atoms with Crippen molar-refractivity contribution in [3.05, 3.63) is 70.7 Å². The van der Waals surface area contributed by atoms with Crippen LogP contribution in [0.1, 0.15) is 17.2 Å². The van der Waals surface area contributed by atoms with Gasteiger partial charge >= 0.3 is 0 Å². The van der Waals surface area contributed by atoms with Gasteiger partial charge in [0.05, 0.1) is 19.2 Å². The molecule has 1 unspecified atom stereocenters. The number of nitrogens with one attached hydrogen (secondary N) is 2. The number of benzene rings is 2. The van der Waals surface area contributed by atoms with Crippen LogP contribution >= 0.6 is 11.6 Å². The monoisotopic (exact) mass is 332 g/mol. The molecule has 2 aromatic carbocycles. The van der Waals surface area contributed by atoms with E-state index in [-0.39, 0.29) is 18.5 Å². The lowest BCUT2D eigenvalue weighted by Gasteiger charge is -2.20. The number of halogens is 1. The Morgan fingerprint density at radius 3 is 2.39 bits per heavy atom. The molecule has 1 amide bonds. The summed E-state index contributed by atoms with van der Waals surface area (Å²) in [4.78, 5) is 12.2. The minimum absolute atomic E-state index is 0.0649. The van der Waals surface area contributed by atoms with Crippen LogP contribution in [0.2, 0.25) is 5.02 Å². The van der Waals surface area contributed by atoms with Crippen molar-refractivity contribution in [3.8, 4) is 0 Å². The zero-order valence-electron chi connectivity index (χ0n) is 13.1. The predicted octanol–water partition coefficient (Wildman–Crippen LogP) is 2.78. The van der Waals surface area contributed by atoms with Gasteiger partial charge in [0.1, 0.15) is 0 Å². The standard InChI is InChI=1S/C18H21ClN2O2/c1-23-12-11-20-13-17(22)21-18(14-5-3-2-4-6-14)15-7-9-16(19)10-8-15/h2-10,18,20H,11-13H2,1H3,(H,21,22). The van der Waals surface area contributed by atoms with Gasteiger partial charge in [0.2, 0.25) is 5.91 Å². The molecule has 23 heavy (non-hydrogen) atoms. The first-order valence-electron chi connectivity index (χ1n) is 7.50. The molecule has 0 saturated heterocycles. The third-order valence-electron chi connectivity index (χ3n) is 3.41. The Balaban J connectivity index is 2.08. The molecule has 2 rings (SSSR count). The highest BCUT2D eigenvalue weighted by atomic mass is 35.5. The molecule has 122 valence electrons. The van der Waals surface area contributed by atoms with Gasteiger partial charge in [-0.3, -0.25) is 4.79 Å². The second-order valence-corrected chi connectivity index (χ2v) is 5.57. The summed E-state index contributed by atoms with van der Waals surface area (Å²) < 4.78 is 4.95. The maximum atomic E-state index is 12.2. The molecule has 1 atom stereocenters. The smallest absolute Gasteiger partial charge is 0.234 e. The van der Waals surface area contributed by atoms with E-state index >= 15 is 0 Å². The van der Waals surface area contributed by atoms with Gasteiger partial charge < -0.3 is 15.4 Å². The van der Waals surface area contributed by atoms with Crippen LogP contribution in [0.5, 0.6) is 0 Å². The van der Waals surface area contributed by atoms with Crippen LogP contribution in [-0.2, 0) is 9.53 Å².